The first-order valence-electron chi connectivity index (χ1n) is 4.84. The molecule has 0 radical (unpaired) electrons. The van der Waals surface area contributed by atoms with Crippen molar-refractivity contribution >= 4 is 12.1 Å². The molecule has 1 amide bonds. The number of nitrogens with one attached hydrogen (secondary N) is 1. The van der Waals surface area contributed by atoms with Gasteiger partial charge in [-0.2, -0.15) is 0 Å². The van der Waals surface area contributed by atoms with Gasteiger partial charge in [0, 0.05) is 6.04 Å². The third-order valence-electron chi connectivity index (χ3n) is 2.88. The molecular formula is C10H13NO4. The average molecular weight is 211 g/mol. The smallest absolute Gasteiger partial charge is 0.430 e. The van der Waals surface area contributed by atoms with Gasteiger partial charge >= 0.3 is 6.16 Å². The van der Waals surface area contributed by atoms with Crippen LogP contribution < -0.4 is 5.32 Å². The largest absolute Gasteiger partial charge is 0.509 e. The summed E-state index contributed by atoms with van der Waals surface area (Å²) in [6.07, 6.45) is 1.70. The summed E-state index contributed by atoms with van der Waals surface area (Å²) in [5.74, 6) is -0.426. The van der Waals surface area contributed by atoms with Gasteiger partial charge in [-0.15, -0.1) is 6.58 Å². The zero-order chi connectivity index (χ0) is 11.1. The van der Waals surface area contributed by atoms with Gasteiger partial charge in [-0.25, -0.2) is 4.79 Å². The fourth-order valence-electron chi connectivity index (χ4n) is 2.12. The Kier molecular flexibility index (Phi) is 2.17. The molecular weight excluding hydrogens is 198 g/mol. The first kappa shape index (κ1) is 10.0. The van der Waals surface area contributed by atoms with E-state index in [0.29, 0.717) is 6.42 Å². The van der Waals surface area contributed by atoms with E-state index in [1.807, 2.05) is 0 Å². The first-order valence-corrected chi connectivity index (χ1v) is 4.84. The van der Waals surface area contributed by atoms with Gasteiger partial charge in [-0.1, -0.05) is 6.08 Å². The second-order valence-corrected chi connectivity index (χ2v) is 4.07. The minimum absolute atomic E-state index is 0.00509. The predicted molar refractivity (Wildman–Crippen MR) is 51.1 cm³/mol. The molecule has 0 aromatic carbocycles. The van der Waals surface area contributed by atoms with E-state index in [9.17, 15) is 9.59 Å². The first-order chi connectivity index (χ1) is 7.07. The number of cyclic esters (lactones) is 2. The highest BCUT2D eigenvalue weighted by Crippen LogP contribution is 2.36. The number of rotatable bonds is 3. The molecule has 0 spiro atoms. The molecule has 82 valence electrons. The maximum atomic E-state index is 11.4. The summed E-state index contributed by atoms with van der Waals surface area (Å²) in [6, 6.07) is -0.00509. The third kappa shape index (κ3) is 1.48. The number of hydrogen-bond acceptors (Lipinski definition) is 4. The molecule has 0 aliphatic carbocycles. The van der Waals surface area contributed by atoms with Crippen LogP contribution in [-0.4, -0.2) is 30.3 Å². The third-order valence-corrected chi connectivity index (χ3v) is 2.88. The topological polar surface area (TPSA) is 64.6 Å². The lowest BCUT2D eigenvalue weighted by Gasteiger charge is -2.43. The van der Waals surface area contributed by atoms with E-state index >= 15 is 0 Å². The second kappa shape index (κ2) is 3.25. The van der Waals surface area contributed by atoms with Crippen LogP contribution >= 0.6 is 0 Å². The van der Waals surface area contributed by atoms with Crippen molar-refractivity contribution in [3.05, 3.63) is 12.7 Å². The maximum Gasteiger partial charge on any atom is 0.509 e. The molecule has 0 aromatic heterocycles. The van der Waals surface area contributed by atoms with Crippen LogP contribution in [0.4, 0.5) is 4.79 Å². The van der Waals surface area contributed by atoms with E-state index in [1.165, 1.54) is 0 Å². The Balaban J connectivity index is 2.11. The summed E-state index contributed by atoms with van der Waals surface area (Å²) in [7, 11) is 0. The Morgan fingerprint density at radius 1 is 1.67 bits per heavy atom. The summed E-state index contributed by atoms with van der Waals surface area (Å²) < 4.78 is 9.78. The van der Waals surface area contributed by atoms with Gasteiger partial charge in [0.1, 0.15) is 12.5 Å². The Labute approximate surface area is 87.4 Å². The molecule has 0 aromatic rings. The molecule has 5 nitrogen and oxygen atoms in total. The lowest BCUT2D eigenvalue weighted by molar-refractivity contribution is -0.146. The molecule has 2 aliphatic heterocycles. The van der Waals surface area contributed by atoms with Gasteiger partial charge in [0.05, 0.1) is 0 Å². The van der Waals surface area contributed by atoms with Gasteiger partial charge in [-0.3, -0.25) is 4.79 Å². The number of carbonyl (C=O) groups is 2. The average Bonchev–Trinajstić information content (AvgIpc) is 2.45. The molecule has 2 saturated heterocycles. The lowest BCUT2D eigenvalue weighted by atomic mass is 9.76. The van der Waals surface area contributed by atoms with E-state index in [4.69, 9.17) is 9.47 Å². The predicted octanol–water partition coefficient (Wildman–Crippen LogP) is 0.603. The van der Waals surface area contributed by atoms with Crippen molar-refractivity contribution in [2.45, 2.75) is 25.0 Å². The van der Waals surface area contributed by atoms with Crippen LogP contribution in [0.5, 0.6) is 0 Å². The van der Waals surface area contributed by atoms with E-state index in [2.05, 4.69) is 11.9 Å². The minimum Gasteiger partial charge on any atom is -0.430 e. The zero-order valence-corrected chi connectivity index (χ0v) is 8.49. The monoisotopic (exact) mass is 211 g/mol. The molecule has 0 saturated carbocycles. The van der Waals surface area contributed by atoms with Gasteiger partial charge in [-0.05, 0) is 13.3 Å². The number of ether oxygens (including phenoxy) is 2. The zero-order valence-electron chi connectivity index (χ0n) is 8.49. The molecule has 3 unspecified atom stereocenters. The highest BCUT2D eigenvalue weighted by Gasteiger charge is 2.56. The maximum absolute atomic E-state index is 11.4. The number of amides is 1. The van der Waals surface area contributed by atoms with E-state index in [-0.39, 0.29) is 24.5 Å². The van der Waals surface area contributed by atoms with Crippen molar-refractivity contribution in [1.29, 1.82) is 0 Å². The van der Waals surface area contributed by atoms with Crippen LogP contribution in [0.25, 0.3) is 0 Å². The SMILES string of the molecule is C=CCC1NC(=O)C1C1(C)COC(=O)O1. The molecule has 2 fully saturated rings. The van der Waals surface area contributed by atoms with Crippen LogP contribution in [0.3, 0.4) is 0 Å². The van der Waals surface area contributed by atoms with Crippen molar-refractivity contribution < 1.29 is 19.1 Å². The molecule has 2 heterocycles. The molecule has 3 atom stereocenters. The molecule has 1 N–H and O–H groups in total. The van der Waals surface area contributed by atoms with E-state index < -0.39 is 11.8 Å². The summed E-state index contributed by atoms with van der Waals surface area (Å²) in [6.45, 7) is 5.47. The number of carbonyl (C=O) groups excluding carboxylic acids is 2. The molecule has 2 aliphatic rings. The van der Waals surface area contributed by atoms with Gasteiger partial charge in [0.15, 0.2) is 5.60 Å². The van der Waals surface area contributed by atoms with Gasteiger partial charge in [0.25, 0.3) is 0 Å². The fraction of sp³-hybridized carbons (Fsp3) is 0.600. The Morgan fingerprint density at radius 2 is 2.40 bits per heavy atom. The van der Waals surface area contributed by atoms with Crippen molar-refractivity contribution in [2.24, 2.45) is 5.92 Å². The Morgan fingerprint density at radius 3 is 2.87 bits per heavy atom. The van der Waals surface area contributed by atoms with Gasteiger partial charge < -0.3 is 14.8 Å². The highest BCUT2D eigenvalue weighted by atomic mass is 16.8. The summed E-state index contributed by atoms with van der Waals surface area (Å²) >= 11 is 0. The van der Waals surface area contributed by atoms with Crippen LogP contribution in [-0.2, 0) is 14.3 Å². The molecule has 0 bridgehead atoms. The van der Waals surface area contributed by atoms with Crippen molar-refractivity contribution in [1.82, 2.24) is 5.32 Å². The summed E-state index contributed by atoms with van der Waals surface area (Å²) in [4.78, 5) is 22.3. The number of β-lactam (4-membered cyclic amide) rings is 1. The van der Waals surface area contributed by atoms with Crippen molar-refractivity contribution in [3.8, 4) is 0 Å². The summed E-state index contributed by atoms with van der Waals surface area (Å²) in [5.41, 5.74) is -0.826. The normalized spacial score (nSPS) is 38.7. The van der Waals surface area contributed by atoms with Crippen LogP contribution in [0, 0.1) is 5.92 Å². The van der Waals surface area contributed by atoms with Crippen LogP contribution in [0.2, 0.25) is 0 Å². The Bertz CT molecular complexity index is 325. The van der Waals surface area contributed by atoms with E-state index in [0.717, 1.165) is 0 Å². The highest BCUT2D eigenvalue weighted by molar-refractivity contribution is 5.87. The van der Waals surface area contributed by atoms with Crippen molar-refractivity contribution in [2.75, 3.05) is 6.61 Å². The van der Waals surface area contributed by atoms with E-state index in [1.54, 1.807) is 13.0 Å². The van der Waals surface area contributed by atoms with Gasteiger partial charge in [0.2, 0.25) is 5.91 Å². The van der Waals surface area contributed by atoms with Crippen LogP contribution in [0.1, 0.15) is 13.3 Å². The lowest BCUT2D eigenvalue weighted by Crippen LogP contribution is -2.66. The fourth-order valence-corrected chi connectivity index (χ4v) is 2.12. The Hall–Kier alpha value is -1.52. The molecule has 5 heteroatoms. The molecule has 15 heavy (non-hydrogen) atoms. The van der Waals surface area contributed by atoms with Crippen LogP contribution in [0.15, 0.2) is 12.7 Å². The second-order valence-electron chi connectivity index (χ2n) is 4.07. The quantitative estimate of drug-likeness (QED) is 0.422. The summed E-state index contributed by atoms with van der Waals surface area (Å²) in [5, 5.41) is 2.75. The molecule has 2 rings (SSSR count). The minimum atomic E-state index is -0.826. The van der Waals surface area contributed by atoms with Crippen molar-refractivity contribution in [3.63, 3.8) is 0 Å². The number of hydrogen-bond donors (Lipinski definition) is 1. The standard InChI is InChI=1S/C10H13NO4/c1-3-4-6-7(8(12)11-6)10(2)5-14-9(13)15-10/h3,6-7H,1,4-5H2,2H3,(H,11,12).